The molecule has 2 heterocycles. The lowest BCUT2D eigenvalue weighted by molar-refractivity contribution is 0.504. The molecule has 1 aromatic carbocycles. The summed E-state index contributed by atoms with van der Waals surface area (Å²) in [6.07, 6.45) is 9.74. The van der Waals surface area contributed by atoms with Gasteiger partial charge in [0.2, 0.25) is 0 Å². The van der Waals surface area contributed by atoms with Crippen LogP contribution in [-0.4, -0.2) is 4.98 Å². The third-order valence-corrected chi connectivity index (χ3v) is 4.92. The molecular formula is C29H42N2. The van der Waals surface area contributed by atoms with Crippen LogP contribution >= 0.6 is 0 Å². The van der Waals surface area contributed by atoms with Crippen molar-refractivity contribution in [2.24, 2.45) is 5.41 Å². The zero-order valence-corrected chi connectivity index (χ0v) is 21.1. The van der Waals surface area contributed by atoms with Gasteiger partial charge in [0, 0.05) is 24.3 Å². The maximum absolute atomic E-state index is 4.05. The topological polar surface area (TPSA) is 24.9 Å². The number of rotatable bonds is 0. The summed E-state index contributed by atoms with van der Waals surface area (Å²) in [5.74, 6) is 0. The van der Waals surface area contributed by atoms with Gasteiger partial charge in [-0.3, -0.25) is 4.98 Å². The normalized spacial score (nSPS) is 13.7. The maximum atomic E-state index is 4.05. The molecule has 2 aromatic rings. The fraction of sp³-hybridized carbons (Fsp3) is 0.414. The third-order valence-electron chi connectivity index (χ3n) is 4.92. The van der Waals surface area contributed by atoms with Crippen molar-refractivity contribution >= 4 is 0 Å². The quantitative estimate of drug-likeness (QED) is 0.469. The van der Waals surface area contributed by atoms with Gasteiger partial charge in [0.05, 0.1) is 0 Å². The first-order chi connectivity index (χ1) is 14.2. The van der Waals surface area contributed by atoms with Gasteiger partial charge in [-0.1, -0.05) is 111 Å². The molecule has 3 rings (SSSR count). The van der Waals surface area contributed by atoms with Gasteiger partial charge < -0.3 is 5.32 Å². The number of hydrogen-bond acceptors (Lipinski definition) is 2. The van der Waals surface area contributed by atoms with E-state index in [1.807, 2.05) is 24.5 Å². The maximum Gasteiger partial charge on any atom is 0.0344 e. The van der Waals surface area contributed by atoms with E-state index in [-0.39, 0.29) is 10.8 Å². The number of benzene rings is 1. The Labute approximate surface area is 191 Å². The molecule has 0 saturated heterocycles. The molecule has 0 bridgehead atoms. The summed E-state index contributed by atoms with van der Waals surface area (Å²) in [5, 5.41) is 3.10. The van der Waals surface area contributed by atoms with Crippen LogP contribution in [0.3, 0.4) is 0 Å². The van der Waals surface area contributed by atoms with Crippen molar-refractivity contribution < 1.29 is 0 Å². The number of nitrogens with one attached hydrogen (secondary N) is 1. The molecule has 1 N–H and O–H groups in total. The van der Waals surface area contributed by atoms with Crippen LogP contribution in [0, 0.1) is 5.41 Å². The number of allylic oxidation sites excluding steroid dienone is 3. The molecule has 2 heteroatoms. The predicted molar refractivity (Wildman–Crippen MR) is 137 cm³/mol. The van der Waals surface area contributed by atoms with Crippen molar-refractivity contribution in [3.8, 4) is 0 Å². The Morgan fingerprint density at radius 2 is 1.26 bits per heavy atom. The first-order valence-electron chi connectivity index (χ1n) is 11.0. The fourth-order valence-corrected chi connectivity index (χ4v) is 2.92. The van der Waals surface area contributed by atoms with Crippen molar-refractivity contribution in [1.82, 2.24) is 10.3 Å². The molecule has 0 spiro atoms. The van der Waals surface area contributed by atoms with Crippen LogP contribution in [0.25, 0.3) is 0 Å². The minimum Gasteiger partial charge on any atom is -0.362 e. The van der Waals surface area contributed by atoms with Gasteiger partial charge >= 0.3 is 0 Å². The highest BCUT2D eigenvalue weighted by atomic mass is 14.9. The highest BCUT2D eigenvalue weighted by Crippen LogP contribution is 2.30. The van der Waals surface area contributed by atoms with Gasteiger partial charge in [-0.15, -0.1) is 0 Å². The first kappa shape index (κ1) is 26.4. The molecule has 0 fully saturated rings. The minimum atomic E-state index is 0.189. The Morgan fingerprint density at radius 3 is 1.58 bits per heavy atom. The Kier molecular flexibility index (Phi) is 9.49. The van der Waals surface area contributed by atoms with Crippen molar-refractivity contribution in [2.45, 2.75) is 73.1 Å². The van der Waals surface area contributed by atoms with Crippen molar-refractivity contribution in [1.29, 1.82) is 0 Å². The van der Waals surface area contributed by atoms with Crippen LogP contribution < -0.4 is 5.32 Å². The average molecular weight is 419 g/mol. The van der Waals surface area contributed by atoms with Gasteiger partial charge in [0.1, 0.15) is 0 Å². The van der Waals surface area contributed by atoms with Crippen LogP contribution in [0.4, 0.5) is 0 Å². The molecule has 0 radical (unpaired) electrons. The Balaban J connectivity index is 0.000000233. The van der Waals surface area contributed by atoms with Gasteiger partial charge in [-0.05, 0) is 45.1 Å². The SMILES string of the molecule is C=C1NC=CC=C1C(C)(C)C.CC(C)(C)c1ccccc1.CC(C)(C)c1cccnc1. The number of dihydropyridines is 1. The average Bonchev–Trinajstić information content (AvgIpc) is 2.69. The Bertz CT molecular complexity index is 803. The third kappa shape index (κ3) is 9.83. The summed E-state index contributed by atoms with van der Waals surface area (Å²) in [6.45, 7) is 23.7. The summed E-state index contributed by atoms with van der Waals surface area (Å²) < 4.78 is 0. The number of hydrogen-bond donors (Lipinski definition) is 1. The molecule has 1 aliphatic rings. The van der Waals surface area contributed by atoms with E-state index in [9.17, 15) is 0 Å². The lowest BCUT2D eigenvalue weighted by Crippen LogP contribution is -2.19. The monoisotopic (exact) mass is 418 g/mol. The number of aromatic nitrogens is 1. The molecule has 31 heavy (non-hydrogen) atoms. The molecule has 1 aromatic heterocycles. The molecule has 0 aliphatic carbocycles. The van der Waals surface area contributed by atoms with E-state index in [0.29, 0.717) is 5.41 Å². The molecule has 0 saturated carbocycles. The number of nitrogens with zero attached hydrogens (tertiary/aromatic N) is 1. The van der Waals surface area contributed by atoms with Crippen molar-refractivity contribution in [3.05, 3.63) is 102 Å². The lowest BCUT2D eigenvalue weighted by Gasteiger charge is -2.26. The summed E-state index contributed by atoms with van der Waals surface area (Å²) in [7, 11) is 0. The van der Waals surface area contributed by atoms with Crippen LogP contribution in [-0.2, 0) is 10.8 Å². The second-order valence-electron chi connectivity index (χ2n) is 10.9. The van der Waals surface area contributed by atoms with E-state index >= 15 is 0 Å². The molecule has 1 aliphatic heterocycles. The second kappa shape index (κ2) is 11.1. The van der Waals surface area contributed by atoms with E-state index < -0.39 is 0 Å². The van der Waals surface area contributed by atoms with E-state index in [0.717, 1.165) is 5.70 Å². The van der Waals surface area contributed by atoms with Gasteiger partial charge in [-0.2, -0.15) is 0 Å². The van der Waals surface area contributed by atoms with Crippen LogP contribution in [0.1, 0.15) is 73.4 Å². The zero-order valence-electron chi connectivity index (χ0n) is 21.1. The van der Waals surface area contributed by atoms with Gasteiger partial charge in [-0.25, -0.2) is 0 Å². The van der Waals surface area contributed by atoms with Crippen LogP contribution in [0.5, 0.6) is 0 Å². The highest BCUT2D eigenvalue weighted by Gasteiger charge is 2.19. The van der Waals surface area contributed by atoms with Gasteiger partial charge in [0.15, 0.2) is 0 Å². The largest absolute Gasteiger partial charge is 0.362 e. The van der Waals surface area contributed by atoms with E-state index in [1.165, 1.54) is 16.7 Å². The smallest absolute Gasteiger partial charge is 0.0344 e. The molecule has 0 atom stereocenters. The predicted octanol–water partition coefficient (Wildman–Crippen LogP) is 7.95. The number of pyridine rings is 1. The molecule has 0 unspecified atom stereocenters. The summed E-state index contributed by atoms with van der Waals surface area (Å²) in [6, 6.07) is 14.6. The second-order valence-corrected chi connectivity index (χ2v) is 10.9. The first-order valence-corrected chi connectivity index (χ1v) is 11.0. The minimum absolute atomic E-state index is 0.189. The Hall–Kier alpha value is -2.61. The van der Waals surface area contributed by atoms with E-state index in [1.54, 1.807) is 6.20 Å². The molecule has 2 nitrogen and oxygen atoms in total. The summed E-state index contributed by atoms with van der Waals surface area (Å²) >= 11 is 0. The van der Waals surface area contributed by atoms with E-state index in [4.69, 9.17) is 0 Å². The molecule has 168 valence electrons. The van der Waals surface area contributed by atoms with Gasteiger partial charge in [0.25, 0.3) is 0 Å². The van der Waals surface area contributed by atoms with Crippen LogP contribution in [0.2, 0.25) is 0 Å². The van der Waals surface area contributed by atoms with E-state index in [2.05, 4.69) is 122 Å². The standard InChI is InChI=1S/C10H15N.C10H14.C9H13N/c1-8-9(10(2,3)4)6-5-7-11-8;1-10(2,3)9-7-5-4-6-8-9;1-9(2,3)8-5-4-6-10-7-8/h5-7,11H,1H2,2-4H3;4-8H,1-3H3;4-7H,1-3H3. The van der Waals surface area contributed by atoms with Crippen LogP contribution in [0.15, 0.2) is 91.1 Å². The zero-order chi connectivity index (χ0) is 23.7. The summed E-state index contributed by atoms with van der Waals surface area (Å²) in [4.78, 5) is 4.05. The fourth-order valence-electron chi connectivity index (χ4n) is 2.92. The highest BCUT2D eigenvalue weighted by molar-refractivity contribution is 5.38. The Morgan fingerprint density at radius 1 is 0.710 bits per heavy atom. The van der Waals surface area contributed by atoms with Crippen molar-refractivity contribution in [3.63, 3.8) is 0 Å². The summed E-state index contributed by atoms with van der Waals surface area (Å²) in [5.41, 5.74) is 5.69. The molecular weight excluding hydrogens is 376 g/mol. The molecule has 0 amide bonds. The lowest BCUT2D eigenvalue weighted by atomic mass is 9.84. The van der Waals surface area contributed by atoms with Crippen molar-refractivity contribution in [2.75, 3.05) is 0 Å².